The van der Waals surface area contributed by atoms with Gasteiger partial charge in [-0.1, -0.05) is 20.8 Å². The smallest absolute Gasteiger partial charge is 0.433 e. The quantitative estimate of drug-likeness (QED) is 0.801. The van der Waals surface area contributed by atoms with Crippen molar-refractivity contribution in [2.24, 2.45) is 0 Å². The van der Waals surface area contributed by atoms with Crippen molar-refractivity contribution in [3.8, 4) is 6.01 Å². The van der Waals surface area contributed by atoms with Crippen molar-refractivity contribution in [1.82, 2.24) is 19.6 Å². The maximum absolute atomic E-state index is 12.7. The first kappa shape index (κ1) is 13.6. The summed E-state index contributed by atoms with van der Waals surface area (Å²) in [6, 6.07) is 0.609. The second kappa shape index (κ2) is 4.07. The molecule has 0 saturated heterocycles. The number of halogens is 3. The second-order valence-electron chi connectivity index (χ2n) is 5.08. The largest absolute Gasteiger partial charge is 0.467 e. The summed E-state index contributed by atoms with van der Waals surface area (Å²) in [5.74, 6) is 0.423. The van der Waals surface area contributed by atoms with E-state index in [-0.39, 0.29) is 17.1 Å². The monoisotopic (exact) mass is 274 g/mol. The molecule has 0 fully saturated rings. The van der Waals surface area contributed by atoms with E-state index < -0.39 is 11.9 Å². The predicted octanol–water partition coefficient (Wildman–Crippen LogP) is 2.45. The van der Waals surface area contributed by atoms with Crippen LogP contribution in [0.25, 0.3) is 5.65 Å². The van der Waals surface area contributed by atoms with Gasteiger partial charge in [0.05, 0.1) is 7.11 Å². The van der Waals surface area contributed by atoms with Gasteiger partial charge in [-0.3, -0.25) is 0 Å². The minimum atomic E-state index is -4.55. The van der Waals surface area contributed by atoms with Crippen LogP contribution in [0.4, 0.5) is 13.2 Å². The standard InChI is InChI=1S/C11H13F3N4O/c1-10(2,3)8-16-7-5-6(11(12,13)14)15-9(19-4)18(7)17-8/h5H,1-4H3. The van der Waals surface area contributed by atoms with Crippen LogP contribution in [0.5, 0.6) is 6.01 Å². The maximum atomic E-state index is 12.7. The van der Waals surface area contributed by atoms with Gasteiger partial charge in [0.25, 0.3) is 0 Å². The van der Waals surface area contributed by atoms with Gasteiger partial charge in [0.2, 0.25) is 0 Å². The van der Waals surface area contributed by atoms with Gasteiger partial charge < -0.3 is 4.74 Å². The number of ether oxygens (including phenoxy) is 1. The molecule has 2 aromatic heterocycles. The highest BCUT2D eigenvalue weighted by Gasteiger charge is 2.34. The number of hydrogen-bond donors (Lipinski definition) is 0. The zero-order valence-corrected chi connectivity index (χ0v) is 10.9. The lowest BCUT2D eigenvalue weighted by Gasteiger charge is -2.11. The van der Waals surface area contributed by atoms with Gasteiger partial charge in [0.15, 0.2) is 17.2 Å². The molecule has 5 nitrogen and oxygen atoms in total. The predicted molar refractivity (Wildman–Crippen MR) is 61.0 cm³/mol. The maximum Gasteiger partial charge on any atom is 0.433 e. The third kappa shape index (κ3) is 2.47. The lowest BCUT2D eigenvalue weighted by molar-refractivity contribution is -0.141. The van der Waals surface area contributed by atoms with Crippen LogP contribution in [0.1, 0.15) is 32.3 Å². The Morgan fingerprint density at radius 3 is 2.26 bits per heavy atom. The van der Waals surface area contributed by atoms with Crippen molar-refractivity contribution >= 4 is 5.65 Å². The summed E-state index contributed by atoms with van der Waals surface area (Å²) in [6.07, 6.45) is -4.55. The molecule has 0 spiro atoms. The molecule has 2 rings (SSSR count). The highest BCUT2D eigenvalue weighted by Crippen LogP contribution is 2.30. The van der Waals surface area contributed by atoms with Gasteiger partial charge in [-0.05, 0) is 0 Å². The van der Waals surface area contributed by atoms with Gasteiger partial charge in [0.1, 0.15) is 0 Å². The van der Waals surface area contributed by atoms with E-state index in [1.807, 2.05) is 20.8 Å². The van der Waals surface area contributed by atoms with E-state index in [9.17, 15) is 13.2 Å². The van der Waals surface area contributed by atoms with E-state index >= 15 is 0 Å². The molecule has 104 valence electrons. The summed E-state index contributed by atoms with van der Waals surface area (Å²) in [5.41, 5.74) is -1.37. The minimum absolute atomic E-state index is 0.0594. The molecule has 0 amide bonds. The molecule has 0 aromatic carbocycles. The summed E-state index contributed by atoms with van der Waals surface area (Å²) in [7, 11) is 1.24. The Morgan fingerprint density at radius 1 is 1.16 bits per heavy atom. The van der Waals surface area contributed by atoms with Crippen LogP contribution in [0.2, 0.25) is 0 Å². The molecule has 0 saturated carbocycles. The molecule has 19 heavy (non-hydrogen) atoms. The van der Waals surface area contributed by atoms with Crippen molar-refractivity contribution < 1.29 is 17.9 Å². The second-order valence-corrected chi connectivity index (χ2v) is 5.08. The first-order chi connectivity index (χ1) is 8.63. The summed E-state index contributed by atoms with van der Waals surface area (Å²) >= 11 is 0. The summed E-state index contributed by atoms with van der Waals surface area (Å²) in [5, 5.41) is 4.13. The number of fused-ring (bicyclic) bond motifs is 1. The van der Waals surface area contributed by atoms with Crippen molar-refractivity contribution in [3.63, 3.8) is 0 Å². The zero-order valence-electron chi connectivity index (χ0n) is 10.9. The molecule has 0 N–H and O–H groups in total. The number of alkyl halides is 3. The van der Waals surface area contributed by atoms with Crippen LogP contribution in [0.3, 0.4) is 0 Å². The van der Waals surface area contributed by atoms with Gasteiger partial charge in [-0.25, -0.2) is 4.98 Å². The number of rotatable bonds is 1. The molecule has 0 bridgehead atoms. The Balaban J connectivity index is 2.70. The average molecular weight is 274 g/mol. The summed E-state index contributed by atoms with van der Waals surface area (Å²) in [6.45, 7) is 5.60. The number of methoxy groups -OCH3 is 1. The highest BCUT2D eigenvalue weighted by molar-refractivity contribution is 5.42. The van der Waals surface area contributed by atoms with E-state index in [4.69, 9.17) is 4.74 Å². The van der Waals surface area contributed by atoms with Gasteiger partial charge in [-0.15, -0.1) is 5.10 Å². The molecule has 0 unspecified atom stereocenters. The average Bonchev–Trinajstić information content (AvgIpc) is 2.69. The normalized spacial score (nSPS) is 13.0. The molecular formula is C11H13F3N4O. The highest BCUT2D eigenvalue weighted by atomic mass is 19.4. The van der Waals surface area contributed by atoms with E-state index in [1.54, 1.807) is 0 Å². The Kier molecular flexibility index (Phi) is 2.91. The van der Waals surface area contributed by atoms with Crippen LogP contribution < -0.4 is 4.74 Å². The molecule has 0 aliphatic rings. The zero-order chi connectivity index (χ0) is 14.4. The fourth-order valence-corrected chi connectivity index (χ4v) is 1.46. The fourth-order valence-electron chi connectivity index (χ4n) is 1.46. The topological polar surface area (TPSA) is 52.3 Å². The number of nitrogens with zero attached hydrogens (tertiary/aromatic N) is 4. The van der Waals surface area contributed by atoms with Crippen LogP contribution in [-0.2, 0) is 11.6 Å². The molecule has 2 heterocycles. The Morgan fingerprint density at radius 2 is 1.79 bits per heavy atom. The van der Waals surface area contributed by atoms with Crippen molar-refractivity contribution in [1.29, 1.82) is 0 Å². The lowest BCUT2D eigenvalue weighted by Crippen LogP contribution is -2.14. The van der Waals surface area contributed by atoms with E-state index in [0.29, 0.717) is 5.82 Å². The first-order valence-corrected chi connectivity index (χ1v) is 5.52. The molecule has 2 aromatic rings. The Labute approximate surface area is 107 Å². The molecule has 0 atom stereocenters. The Bertz CT molecular complexity index is 613. The van der Waals surface area contributed by atoms with E-state index in [1.165, 1.54) is 7.11 Å². The molecular weight excluding hydrogens is 261 g/mol. The van der Waals surface area contributed by atoms with Crippen molar-refractivity contribution in [2.75, 3.05) is 7.11 Å². The summed E-state index contributed by atoms with van der Waals surface area (Å²) < 4.78 is 44.1. The molecule has 8 heteroatoms. The first-order valence-electron chi connectivity index (χ1n) is 5.52. The molecule has 0 aliphatic heterocycles. The van der Waals surface area contributed by atoms with Crippen LogP contribution >= 0.6 is 0 Å². The van der Waals surface area contributed by atoms with E-state index in [0.717, 1.165) is 10.6 Å². The Hall–Kier alpha value is -1.86. The van der Waals surface area contributed by atoms with Crippen molar-refractivity contribution in [2.45, 2.75) is 32.4 Å². The minimum Gasteiger partial charge on any atom is -0.467 e. The van der Waals surface area contributed by atoms with E-state index in [2.05, 4.69) is 15.1 Å². The number of hydrogen-bond acceptors (Lipinski definition) is 4. The van der Waals surface area contributed by atoms with Crippen LogP contribution in [0, 0.1) is 0 Å². The van der Waals surface area contributed by atoms with Crippen LogP contribution in [0.15, 0.2) is 6.07 Å². The summed E-state index contributed by atoms with van der Waals surface area (Å²) in [4.78, 5) is 7.50. The lowest BCUT2D eigenvalue weighted by atomic mass is 9.96. The molecule has 0 radical (unpaired) electrons. The molecule has 0 aliphatic carbocycles. The van der Waals surface area contributed by atoms with Crippen molar-refractivity contribution in [3.05, 3.63) is 17.6 Å². The van der Waals surface area contributed by atoms with Crippen LogP contribution in [-0.4, -0.2) is 26.7 Å². The number of aromatic nitrogens is 4. The SMILES string of the molecule is COc1nc(C(F)(F)F)cc2nc(C(C)(C)C)nn12. The van der Waals surface area contributed by atoms with Gasteiger partial charge >= 0.3 is 12.2 Å². The third-order valence-corrected chi connectivity index (χ3v) is 2.44. The van der Waals surface area contributed by atoms with Gasteiger partial charge in [0, 0.05) is 11.5 Å². The van der Waals surface area contributed by atoms with Gasteiger partial charge in [-0.2, -0.15) is 22.7 Å². The fraction of sp³-hybridized carbons (Fsp3) is 0.545. The third-order valence-electron chi connectivity index (χ3n) is 2.44.